The second-order valence-electron chi connectivity index (χ2n) is 4.22. The summed E-state index contributed by atoms with van der Waals surface area (Å²) in [4.78, 5) is 11.6. The fourth-order valence-corrected chi connectivity index (χ4v) is 2.70. The van der Waals surface area contributed by atoms with Gasteiger partial charge in [0.15, 0.2) is 9.84 Å². The minimum absolute atomic E-state index is 0.0372. The first-order valence-electron chi connectivity index (χ1n) is 5.88. The van der Waals surface area contributed by atoms with Gasteiger partial charge in [0.1, 0.15) is 11.6 Å². The summed E-state index contributed by atoms with van der Waals surface area (Å²) in [6.45, 7) is 0.311. The van der Waals surface area contributed by atoms with Crippen LogP contribution in [0, 0.1) is 5.82 Å². The second kappa shape index (κ2) is 7.20. The molecule has 0 aliphatic rings. The molecule has 112 valence electrons. The number of methoxy groups -OCH3 is 1. The van der Waals surface area contributed by atoms with Crippen LogP contribution in [0.1, 0.15) is 6.42 Å². The molecule has 0 radical (unpaired) electrons. The first kappa shape index (κ1) is 16.4. The van der Waals surface area contributed by atoms with Crippen LogP contribution < -0.4 is 11.1 Å². The summed E-state index contributed by atoms with van der Waals surface area (Å²) in [6, 6.07) is 3.45. The molecule has 0 aliphatic carbocycles. The van der Waals surface area contributed by atoms with Gasteiger partial charge in [-0.05, 0) is 24.6 Å². The van der Waals surface area contributed by atoms with Crippen LogP contribution in [0.15, 0.2) is 18.2 Å². The van der Waals surface area contributed by atoms with Gasteiger partial charge in [-0.2, -0.15) is 0 Å². The van der Waals surface area contributed by atoms with Crippen molar-refractivity contribution in [2.24, 2.45) is 0 Å². The zero-order valence-electron chi connectivity index (χ0n) is 11.1. The fraction of sp³-hybridized carbons (Fsp3) is 0.417. The van der Waals surface area contributed by atoms with Crippen molar-refractivity contribution in [1.82, 2.24) is 0 Å². The molecule has 20 heavy (non-hydrogen) atoms. The Morgan fingerprint density at radius 2 is 2.15 bits per heavy atom. The molecule has 0 saturated heterocycles. The summed E-state index contributed by atoms with van der Waals surface area (Å²) in [6.07, 6.45) is 0.324. The second-order valence-corrected chi connectivity index (χ2v) is 6.40. The highest BCUT2D eigenvalue weighted by atomic mass is 32.2. The Bertz CT molecular complexity index is 575. The third-order valence-electron chi connectivity index (χ3n) is 2.44. The van der Waals surface area contributed by atoms with Crippen molar-refractivity contribution in [3.63, 3.8) is 0 Å². The van der Waals surface area contributed by atoms with E-state index < -0.39 is 27.3 Å². The van der Waals surface area contributed by atoms with Crippen LogP contribution in [0.5, 0.6) is 0 Å². The van der Waals surface area contributed by atoms with E-state index in [9.17, 15) is 17.6 Å². The number of rotatable bonds is 7. The third-order valence-corrected chi connectivity index (χ3v) is 4.06. The van der Waals surface area contributed by atoms with Crippen molar-refractivity contribution >= 4 is 27.1 Å². The monoisotopic (exact) mass is 304 g/mol. The number of nitrogens with one attached hydrogen (secondary N) is 1. The molecule has 0 spiro atoms. The highest BCUT2D eigenvalue weighted by Gasteiger charge is 2.17. The number of anilines is 2. The van der Waals surface area contributed by atoms with Crippen molar-refractivity contribution < 1.29 is 22.3 Å². The van der Waals surface area contributed by atoms with Crippen LogP contribution in [0.4, 0.5) is 15.8 Å². The van der Waals surface area contributed by atoms with Crippen LogP contribution in [-0.4, -0.2) is 39.5 Å². The molecule has 0 saturated carbocycles. The summed E-state index contributed by atoms with van der Waals surface area (Å²) in [7, 11) is -2.03. The van der Waals surface area contributed by atoms with Gasteiger partial charge in [0, 0.05) is 13.7 Å². The summed E-state index contributed by atoms with van der Waals surface area (Å²) in [5.41, 5.74) is 5.73. The molecule has 8 heteroatoms. The quantitative estimate of drug-likeness (QED) is 0.573. The normalized spacial score (nSPS) is 11.3. The van der Waals surface area contributed by atoms with E-state index in [0.717, 1.165) is 12.1 Å². The Kier molecular flexibility index (Phi) is 5.90. The predicted molar refractivity (Wildman–Crippen MR) is 74.6 cm³/mol. The Labute approximate surface area is 117 Å². The molecule has 0 unspecified atom stereocenters. The molecule has 1 aromatic carbocycles. The Hall–Kier alpha value is -1.67. The predicted octanol–water partition coefficient (Wildman–Crippen LogP) is 0.798. The number of amides is 1. The Balaban J connectivity index is 2.59. The van der Waals surface area contributed by atoms with Crippen molar-refractivity contribution in [1.29, 1.82) is 0 Å². The highest BCUT2D eigenvalue weighted by molar-refractivity contribution is 7.92. The van der Waals surface area contributed by atoms with E-state index in [-0.39, 0.29) is 17.1 Å². The van der Waals surface area contributed by atoms with Crippen LogP contribution >= 0.6 is 0 Å². The van der Waals surface area contributed by atoms with E-state index in [1.807, 2.05) is 0 Å². The lowest BCUT2D eigenvalue weighted by Crippen LogP contribution is -2.25. The van der Waals surface area contributed by atoms with Gasteiger partial charge in [-0.1, -0.05) is 0 Å². The van der Waals surface area contributed by atoms with E-state index in [1.165, 1.54) is 13.2 Å². The van der Waals surface area contributed by atoms with E-state index >= 15 is 0 Å². The van der Waals surface area contributed by atoms with Gasteiger partial charge in [-0.25, -0.2) is 12.8 Å². The van der Waals surface area contributed by atoms with Crippen molar-refractivity contribution in [2.45, 2.75) is 6.42 Å². The molecular weight excluding hydrogens is 287 g/mol. The van der Waals surface area contributed by atoms with E-state index in [0.29, 0.717) is 13.0 Å². The smallest absolute Gasteiger partial charge is 0.239 e. The molecule has 0 aliphatic heterocycles. The molecule has 1 amide bonds. The molecular formula is C12H17FN2O4S. The number of carbonyl (C=O) groups excluding carboxylic acids is 1. The number of ether oxygens (including phenoxy) is 1. The van der Waals surface area contributed by atoms with Gasteiger partial charge >= 0.3 is 0 Å². The number of nitrogens with two attached hydrogens (primary N) is 1. The van der Waals surface area contributed by atoms with Crippen molar-refractivity contribution in [2.75, 3.05) is 36.3 Å². The number of carbonyl (C=O) groups is 1. The van der Waals surface area contributed by atoms with Crippen LogP contribution in [0.3, 0.4) is 0 Å². The summed E-state index contributed by atoms with van der Waals surface area (Å²) < 4.78 is 40.9. The van der Waals surface area contributed by atoms with Gasteiger partial charge in [-0.3, -0.25) is 4.79 Å². The van der Waals surface area contributed by atoms with E-state index in [1.54, 1.807) is 0 Å². The maximum atomic E-state index is 12.8. The number of hydrogen-bond donors (Lipinski definition) is 2. The average molecular weight is 304 g/mol. The number of hydrogen-bond acceptors (Lipinski definition) is 5. The van der Waals surface area contributed by atoms with Gasteiger partial charge in [0.2, 0.25) is 5.91 Å². The maximum absolute atomic E-state index is 12.8. The summed E-state index contributed by atoms with van der Waals surface area (Å²) in [5, 5.41) is 2.34. The Morgan fingerprint density at radius 1 is 1.45 bits per heavy atom. The molecule has 0 fully saturated rings. The zero-order chi connectivity index (χ0) is 15.2. The first-order chi connectivity index (χ1) is 9.34. The summed E-state index contributed by atoms with van der Waals surface area (Å²) >= 11 is 0. The van der Waals surface area contributed by atoms with Gasteiger partial charge < -0.3 is 15.8 Å². The van der Waals surface area contributed by atoms with Crippen LogP contribution in [0.25, 0.3) is 0 Å². The lowest BCUT2D eigenvalue weighted by atomic mass is 10.2. The lowest BCUT2D eigenvalue weighted by Gasteiger charge is -2.08. The Morgan fingerprint density at radius 3 is 2.75 bits per heavy atom. The van der Waals surface area contributed by atoms with Crippen molar-refractivity contribution in [3.8, 4) is 0 Å². The molecule has 0 heterocycles. The molecule has 0 aromatic heterocycles. The first-order valence-corrected chi connectivity index (χ1v) is 7.70. The van der Waals surface area contributed by atoms with Gasteiger partial charge in [-0.15, -0.1) is 0 Å². The van der Waals surface area contributed by atoms with Crippen LogP contribution in [0.2, 0.25) is 0 Å². The molecule has 1 rings (SSSR count). The molecule has 0 atom stereocenters. The largest absolute Gasteiger partial charge is 0.397 e. The average Bonchev–Trinajstić information content (AvgIpc) is 2.32. The molecule has 6 nitrogen and oxygen atoms in total. The number of halogens is 1. The van der Waals surface area contributed by atoms with Crippen LogP contribution in [-0.2, 0) is 19.4 Å². The fourth-order valence-electron chi connectivity index (χ4n) is 1.53. The third kappa shape index (κ3) is 5.54. The number of benzene rings is 1. The number of nitrogen functional groups attached to an aromatic ring is 1. The topological polar surface area (TPSA) is 98.5 Å². The molecule has 1 aromatic rings. The van der Waals surface area contributed by atoms with Crippen molar-refractivity contribution in [3.05, 3.63) is 24.0 Å². The standard InChI is InChI=1S/C12H17FN2O4S/c1-19-5-2-6-20(17,18)8-12(16)15-11-4-3-9(13)7-10(11)14/h3-4,7H,2,5-6,8,14H2,1H3,(H,15,16). The summed E-state index contributed by atoms with van der Waals surface area (Å²) in [5.74, 6) is -2.02. The van der Waals surface area contributed by atoms with Gasteiger partial charge in [0.05, 0.1) is 17.1 Å². The van der Waals surface area contributed by atoms with E-state index in [2.05, 4.69) is 5.32 Å². The molecule has 0 bridgehead atoms. The highest BCUT2D eigenvalue weighted by Crippen LogP contribution is 2.18. The maximum Gasteiger partial charge on any atom is 0.239 e. The van der Waals surface area contributed by atoms with Gasteiger partial charge in [0.25, 0.3) is 0 Å². The number of sulfone groups is 1. The zero-order valence-corrected chi connectivity index (χ0v) is 11.9. The lowest BCUT2D eigenvalue weighted by molar-refractivity contribution is -0.113. The minimum Gasteiger partial charge on any atom is -0.397 e. The molecule has 3 N–H and O–H groups in total. The minimum atomic E-state index is -3.50. The SMILES string of the molecule is COCCCS(=O)(=O)CC(=O)Nc1ccc(F)cc1N. The van der Waals surface area contributed by atoms with E-state index in [4.69, 9.17) is 10.5 Å².